The highest BCUT2D eigenvalue weighted by Crippen LogP contribution is 2.33. The highest BCUT2D eigenvalue weighted by Gasteiger charge is 2.34. The first-order valence-corrected chi connectivity index (χ1v) is 17.1. The Morgan fingerprint density at radius 1 is 0.955 bits per heavy atom. The molecule has 44 heavy (non-hydrogen) atoms. The minimum atomic E-state index is -4.29. The molecule has 0 radical (unpaired) electrons. The maximum absolute atomic E-state index is 14.3. The monoisotopic (exact) mass is 679 g/mol. The normalized spacial score (nSPS) is 14.5. The van der Waals surface area contributed by atoms with E-state index < -0.39 is 28.5 Å². The summed E-state index contributed by atoms with van der Waals surface area (Å²) in [5.74, 6) is -0.640. The molecular weight excluding hydrogens is 645 g/mol. The molecule has 236 valence electrons. The summed E-state index contributed by atoms with van der Waals surface area (Å²) in [7, 11) is -4.29. The molecule has 4 rings (SSSR count). The lowest BCUT2D eigenvalue weighted by Crippen LogP contribution is -2.53. The van der Waals surface area contributed by atoms with E-state index in [0.29, 0.717) is 20.6 Å². The molecule has 1 atom stereocenters. The summed E-state index contributed by atoms with van der Waals surface area (Å²) >= 11 is 18.6. The van der Waals surface area contributed by atoms with E-state index in [1.807, 2.05) is 0 Å². The van der Waals surface area contributed by atoms with Gasteiger partial charge < -0.3 is 15.0 Å². The number of ether oxygens (including phenoxy) is 1. The number of benzene rings is 3. The fourth-order valence-electron chi connectivity index (χ4n) is 5.17. The summed E-state index contributed by atoms with van der Waals surface area (Å²) < 4.78 is 35.0. The molecule has 0 spiro atoms. The van der Waals surface area contributed by atoms with Gasteiger partial charge in [-0.1, -0.05) is 72.3 Å². The van der Waals surface area contributed by atoms with Gasteiger partial charge in [0.05, 0.1) is 17.2 Å². The topological polar surface area (TPSA) is 96.0 Å². The minimum absolute atomic E-state index is 0.0228. The van der Waals surface area contributed by atoms with Crippen molar-refractivity contribution in [1.29, 1.82) is 0 Å². The number of hydrogen-bond acceptors (Lipinski definition) is 5. The van der Waals surface area contributed by atoms with Crippen LogP contribution in [0.2, 0.25) is 15.1 Å². The van der Waals surface area contributed by atoms with E-state index in [1.165, 1.54) is 29.2 Å². The molecular formula is C32H36Cl3N3O5S. The highest BCUT2D eigenvalue weighted by atomic mass is 35.5. The van der Waals surface area contributed by atoms with Crippen molar-refractivity contribution in [1.82, 2.24) is 10.2 Å². The van der Waals surface area contributed by atoms with Crippen LogP contribution in [-0.4, -0.2) is 50.4 Å². The molecule has 3 aromatic carbocycles. The maximum Gasteiger partial charge on any atom is 0.264 e. The predicted octanol–water partition coefficient (Wildman–Crippen LogP) is 7.11. The molecule has 0 heterocycles. The van der Waals surface area contributed by atoms with Gasteiger partial charge in [-0.25, -0.2) is 8.42 Å². The number of amides is 2. The van der Waals surface area contributed by atoms with Gasteiger partial charge in [0.15, 0.2) is 0 Å². The van der Waals surface area contributed by atoms with Gasteiger partial charge in [-0.15, -0.1) is 0 Å². The number of hydrogen-bond donors (Lipinski definition) is 1. The van der Waals surface area contributed by atoms with Crippen molar-refractivity contribution in [2.24, 2.45) is 0 Å². The van der Waals surface area contributed by atoms with Crippen LogP contribution < -0.4 is 14.4 Å². The summed E-state index contributed by atoms with van der Waals surface area (Å²) in [4.78, 5) is 29.1. The van der Waals surface area contributed by atoms with Crippen LogP contribution in [0.15, 0.2) is 71.6 Å². The van der Waals surface area contributed by atoms with Crippen LogP contribution in [0.4, 0.5) is 5.69 Å². The van der Waals surface area contributed by atoms with E-state index in [1.54, 1.807) is 56.3 Å². The minimum Gasteiger partial charge on any atom is -0.492 e. The van der Waals surface area contributed by atoms with E-state index in [4.69, 9.17) is 39.5 Å². The number of sulfonamides is 1. The van der Waals surface area contributed by atoms with Crippen LogP contribution in [0.3, 0.4) is 0 Å². The number of carbonyl (C=O) groups excluding carboxylic acids is 2. The number of carbonyl (C=O) groups is 2. The van der Waals surface area contributed by atoms with E-state index in [9.17, 15) is 18.0 Å². The number of nitrogens with zero attached hydrogens (tertiary/aromatic N) is 2. The Morgan fingerprint density at radius 2 is 1.61 bits per heavy atom. The van der Waals surface area contributed by atoms with Crippen molar-refractivity contribution in [3.8, 4) is 5.75 Å². The van der Waals surface area contributed by atoms with Crippen LogP contribution in [0.5, 0.6) is 5.75 Å². The molecule has 1 aliphatic rings. The van der Waals surface area contributed by atoms with Gasteiger partial charge in [0, 0.05) is 27.7 Å². The Hall–Kier alpha value is -2.98. The lowest BCUT2D eigenvalue weighted by Gasteiger charge is -2.33. The van der Waals surface area contributed by atoms with Crippen LogP contribution in [0.25, 0.3) is 0 Å². The van der Waals surface area contributed by atoms with Gasteiger partial charge >= 0.3 is 0 Å². The second kappa shape index (κ2) is 15.3. The SMILES string of the molecule is CCOc1ccccc1N(CC(=O)N(Cc1ccc(Cl)cc1Cl)C(C)C(=O)NC1CCCCC1)S(=O)(=O)c1ccc(Cl)cc1. The second-order valence-electron chi connectivity index (χ2n) is 10.6. The van der Waals surface area contributed by atoms with Crippen LogP contribution in [0, 0.1) is 0 Å². The quantitative estimate of drug-likeness (QED) is 0.220. The standard InChI is InChI=1S/C32H36Cl3N3O5S/c1-3-43-30-12-8-7-11-29(30)38(44(41,42)27-17-15-24(33)16-18-27)21-31(39)37(20-23-13-14-25(34)19-28(23)35)22(2)32(40)36-26-9-5-4-6-10-26/h7-8,11-19,22,26H,3-6,9-10,20-21H2,1-2H3,(H,36,40). The summed E-state index contributed by atoms with van der Waals surface area (Å²) in [6.07, 6.45) is 4.93. The van der Waals surface area contributed by atoms with Gasteiger partial charge in [0.1, 0.15) is 18.3 Å². The highest BCUT2D eigenvalue weighted by molar-refractivity contribution is 7.92. The number of rotatable bonds is 12. The van der Waals surface area contributed by atoms with Gasteiger partial charge in [-0.2, -0.15) is 0 Å². The van der Waals surface area contributed by atoms with Crippen molar-refractivity contribution in [2.75, 3.05) is 17.5 Å². The molecule has 8 nitrogen and oxygen atoms in total. The van der Waals surface area contributed by atoms with Crippen LogP contribution in [-0.2, 0) is 26.2 Å². The third-order valence-corrected chi connectivity index (χ3v) is 10.2. The number of anilines is 1. The molecule has 0 aromatic heterocycles. The molecule has 1 fully saturated rings. The van der Waals surface area contributed by atoms with Crippen molar-refractivity contribution in [2.45, 2.75) is 69.5 Å². The lowest BCUT2D eigenvalue weighted by molar-refractivity contribution is -0.139. The zero-order valence-electron chi connectivity index (χ0n) is 24.6. The second-order valence-corrected chi connectivity index (χ2v) is 13.8. The number of para-hydroxylation sites is 2. The predicted molar refractivity (Wildman–Crippen MR) is 175 cm³/mol. The van der Waals surface area contributed by atoms with Crippen LogP contribution in [0.1, 0.15) is 51.5 Å². The Labute approximate surface area is 274 Å². The smallest absolute Gasteiger partial charge is 0.264 e. The average molecular weight is 681 g/mol. The molecule has 1 unspecified atom stereocenters. The molecule has 0 saturated heterocycles. The summed E-state index contributed by atoms with van der Waals surface area (Å²) in [5.41, 5.74) is 0.741. The van der Waals surface area contributed by atoms with Crippen molar-refractivity contribution >= 4 is 62.3 Å². The van der Waals surface area contributed by atoms with Gasteiger partial charge in [0.25, 0.3) is 10.0 Å². The fraction of sp³-hybridized carbons (Fsp3) is 0.375. The molecule has 3 aromatic rings. The Balaban J connectivity index is 1.73. The summed E-state index contributed by atoms with van der Waals surface area (Å²) in [6.45, 7) is 3.03. The molecule has 2 amide bonds. The van der Waals surface area contributed by atoms with E-state index in [0.717, 1.165) is 36.4 Å². The molecule has 1 aliphatic carbocycles. The van der Waals surface area contributed by atoms with E-state index >= 15 is 0 Å². The van der Waals surface area contributed by atoms with E-state index in [2.05, 4.69) is 5.32 Å². The maximum atomic E-state index is 14.3. The zero-order valence-corrected chi connectivity index (χ0v) is 27.7. The number of nitrogens with one attached hydrogen (secondary N) is 1. The van der Waals surface area contributed by atoms with Gasteiger partial charge in [-0.05, 0) is 80.8 Å². The molecule has 0 aliphatic heterocycles. The van der Waals surface area contributed by atoms with Gasteiger partial charge in [0.2, 0.25) is 11.8 Å². The van der Waals surface area contributed by atoms with Crippen molar-refractivity contribution < 1.29 is 22.7 Å². The average Bonchev–Trinajstić information content (AvgIpc) is 3.00. The molecule has 0 bridgehead atoms. The van der Waals surface area contributed by atoms with Crippen molar-refractivity contribution in [3.63, 3.8) is 0 Å². The summed E-state index contributed by atoms with van der Waals surface area (Å²) in [5, 5.41) is 4.20. The molecule has 1 saturated carbocycles. The third-order valence-electron chi connectivity index (χ3n) is 7.59. The summed E-state index contributed by atoms with van der Waals surface area (Å²) in [6, 6.07) is 16.3. The van der Waals surface area contributed by atoms with Gasteiger partial charge in [-0.3, -0.25) is 13.9 Å². The Morgan fingerprint density at radius 3 is 2.27 bits per heavy atom. The Kier molecular flexibility index (Phi) is 11.8. The van der Waals surface area contributed by atoms with Crippen molar-refractivity contribution in [3.05, 3.63) is 87.4 Å². The first-order valence-electron chi connectivity index (χ1n) is 14.5. The zero-order chi connectivity index (χ0) is 31.9. The van der Waals surface area contributed by atoms with Crippen LogP contribution >= 0.6 is 34.8 Å². The first-order chi connectivity index (χ1) is 21.0. The first kappa shape index (κ1) is 33.9. The fourth-order valence-corrected chi connectivity index (χ4v) is 7.19. The van der Waals surface area contributed by atoms with E-state index in [-0.39, 0.29) is 41.4 Å². The molecule has 1 N–H and O–H groups in total. The third kappa shape index (κ3) is 8.38. The molecule has 12 heteroatoms. The lowest BCUT2D eigenvalue weighted by atomic mass is 9.95. The number of halogens is 3. The largest absolute Gasteiger partial charge is 0.492 e. The Bertz CT molecular complexity index is 1560.